The van der Waals surface area contributed by atoms with Crippen LogP contribution < -0.4 is 11.1 Å². The van der Waals surface area contributed by atoms with Crippen molar-refractivity contribution in [3.8, 4) is 0 Å². The molecule has 0 bridgehead atoms. The number of likely N-dealkylation sites (tertiary alicyclic amines) is 1. The lowest BCUT2D eigenvalue weighted by Gasteiger charge is -2.15. The van der Waals surface area contributed by atoms with Gasteiger partial charge in [-0.15, -0.1) is 0 Å². The highest BCUT2D eigenvalue weighted by molar-refractivity contribution is 5.92. The normalized spacial score (nSPS) is 24.1. The van der Waals surface area contributed by atoms with E-state index in [0.717, 1.165) is 25.6 Å². The molecule has 2 heterocycles. The molecule has 96 valence electrons. The van der Waals surface area contributed by atoms with Gasteiger partial charge in [-0.3, -0.25) is 9.69 Å². The lowest BCUT2D eigenvalue weighted by atomic mass is 10.2. The smallest absolute Gasteiger partial charge is 0.271 e. The number of nitrogens with one attached hydrogen (secondary N) is 1. The Balaban J connectivity index is 1.56. The second-order valence-electron chi connectivity index (χ2n) is 5.01. The van der Waals surface area contributed by atoms with Crippen molar-refractivity contribution >= 4 is 11.7 Å². The monoisotopic (exact) mass is 247 g/mol. The van der Waals surface area contributed by atoms with Crippen LogP contribution in [0.3, 0.4) is 0 Å². The molecule has 1 aliphatic carbocycles. The largest absolute Gasteiger partial charge is 0.382 e. The molecule has 0 radical (unpaired) electrons. The van der Waals surface area contributed by atoms with Crippen LogP contribution in [0.15, 0.2) is 12.4 Å². The Morgan fingerprint density at radius 2 is 2.17 bits per heavy atom. The molecule has 6 nitrogen and oxygen atoms in total. The molecule has 0 aromatic carbocycles. The summed E-state index contributed by atoms with van der Waals surface area (Å²) < 4.78 is 0. The summed E-state index contributed by atoms with van der Waals surface area (Å²) in [7, 11) is 0. The zero-order valence-corrected chi connectivity index (χ0v) is 10.2. The van der Waals surface area contributed by atoms with Crippen LogP contribution >= 0.6 is 0 Å². The molecule has 2 fully saturated rings. The Kier molecular flexibility index (Phi) is 2.87. The van der Waals surface area contributed by atoms with Gasteiger partial charge in [-0.05, 0) is 19.3 Å². The van der Waals surface area contributed by atoms with Gasteiger partial charge in [-0.1, -0.05) is 0 Å². The van der Waals surface area contributed by atoms with Crippen molar-refractivity contribution in [2.45, 2.75) is 31.3 Å². The van der Waals surface area contributed by atoms with Gasteiger partial charge in [0, 0.05) is 25.2 Å². The quantitative estimate of drug-likeness (QED) is 0.787. The highest BCUT2D eigenvalue weighted by Crippen LogP contribution is 2.29. The number of aromatic nitrogens is 2. The molecule has 0 spiro atoms. The zero-order chi connectivity index (χ0) is 12.5. The van der Waals surface area contributed by atoms with Crippen molar-refractivity contribution < 1.29 is 4.79 Å². The highest BCUT2D eigenvalue weighted by atomic mass is 16.2. The standard InChI is InChI=1S/C12H17N5O/c13-11-6-14-10(5-15-11)12(18)16-8-3-4-17(7-8)9-1-2-9/h5-6,8-9H,1-4,7H2,(H2,13,15)(H,16,18). The van der Waals surface area contributed by atoms with Gasteiger partial charge in [0.2, 0.25) is 0 Å². The number of hydrogen-bond acceptors (Lipinski definition) is 5. The fraction of sp³-hybridized carbons (Fsp3) is 0.583. The Hall–Kier alpha value is -1.69. The van der Waals surface area contributed by atoms with Crippen LogP contribution in [0.25, 0.3) is 0 Å². The van der Waals surface area contributed by atoms with Crippen molar-refractivity contribution in [1.29, 1.82) is 0 Å². The predicted octanol–water partition coefficient (Wildman–Crippen LogP) is 0.0253. The minimum Gasteiger partial charge on any atom is -0.382 e. The molecule has 6 heteroatoms. The van der Waals surface area contributed by atoms with Crippen molar-refractivity contribution in [1.82, 2.24) is 20.2 Å². The van der Waals surface area contributed by atoms with E-state index in [-0.39, 0.29) is 11.9 Å². The summed E-state index contributed by atoms with van der Waals surface area (Å²) >= 11 is 0. The molecular weight excluding hydrogens is 230 g/mol. The number of carbonyl (C=O) groups is 1. The van der Waals surface area contributed by atoms with Crippen LogP contribution in [0.2, 0.25) is 0 Å². The number of nitrogens with zero attached hydrogens (tertiary/aromatic N) is 3. The van der Waals surface area contributed by atoms with Crippen LogP contribution in [0, 0.1) is 0 Å². The zero-order valence-electron chi connectivity index (χ0n) is 10.2. The number of nitrogen functional groups attached to an aromatic ring is 1. The summed E-state index contributed by atoms with van der Waals surface area (Å²) in [6, 6.07) is 1.00. The predicted molar refractivity (Wildman–Crippen MR) is 66.9 cm³/mol. The third kappa shape index (κ3) is 2.43. The van der Waals surface area contributed by atoms with Gasteiger partial charge < -0.3 is 11.1 Å². The summed E-state index contributed by atoms with van der Waals surface area (Å²) in [5.41, 5.74) is 5.76. The number of amides is 1. The lowest BCUT2D eigenvalue weighted by Crippen LogP contribution is -2.37. The van der Waals surface area contributed by atoms with Crippen LogP contribution in [0.5, 0.6) is 0 Å². The summed E-state index contributed by atoms with van der Waals surface area (Å²) in [6.07, 6.45) is 6.46. The van der Waals surface area contributed by atoms with E-state index < -0.39 is 0 Å². The molecule has 1 atom stereocenters. The fourth-order valence-electron chi connectivity index (χ4n) is 2.39. The first-order chi connectivity index (χ1) is 8.72. The molecule has 1 amide bonds. The molecule has 3 rings (SSSR count). The highest BCUT2D eigenvalue weighted by Gasteiger charge is 2.34. The minimum absolute atomic E-state index is 0.162. The number of nitrogens with two attached hydrogens (primary N) is 1. The van der Waals surface area contributed by atoms with E-state index >= 15 is 0 Å². The van der Waals surface area contributed by atoms with Gasteiger partial charge in [-0.2, -0.15) is 0 Å². The third-order valence-corrected chi connectivity index (χ3v) is 3.52. The Morgan fingerprint density at radius 1 is 1.33 bits per heavy atom. The van der Waals surface area contributed by atoms with Crippen molar-refractivity contribution in [3.05, 3.63) is 18.1 Å². The van der Waals surface area contributed by atoms with E-state index in [1.54, 1.807) is 0 Å². The minimum atomic E-state index is -0.162. The van der Waals surface area contributed by atoms with Crippen LogP contribution in [0.1, 0.15) is 29.8 Å². The van der Waals surface area contributed by atoms with Gasteiger partial charge in [0.25, 0.3) is 5.91 Å². The summed E-state index contributed by atoms with van der Waals surface area (Å²) in [4.78, 5) is 22.2. The second kappa shape index (κ2) is 4.53. The first-order valence-corrected chi connectivity index (χ1v) is 6.35. The maximum Gasteiger partial charge on any atom is 0.271 e. The maximum atomic E-state index is 11.9. The van der Waals surface area contributed by atoms with E-state index in [1.807, 2.05) is 0 Å². The second-order valence-corrected chi connectivity index (χ2v) is 5.01. The average molecular weight is 247 g/mol. The molecule has 1 unspecified atom stereocenters. The first-order valence-electron chi connectivity index (χ1n) is 6.35. The fourth-order valence-corrected chi connectivity index (χ4v) is 2.39. The molecular formula is C12H17N5O. The van der Waals surface area contributed by atoms with Crippen LogP contribution in [0.4, 0.5) is 5.82 Å². The van der Waals surface area contributed by atoms with E-state index in [0.29, 0.717) is 11.5 Å². The van der Waals surface area contributed by atoms with Gasteiger partial charge >= 0.3 is 0 Å². The van der Waals surface area contributed by atoms with Crippen molar-refractivity contribution in [2.24, 2.45) is 0 Å². The number of carbonyl (C=O) groups excluding carboxylic acids is 1. The maximum absolute atomic E-state index is 11.9. The Morgan fingerprint density at radius 3 is 2.83 bits per heavy atom. The molecule has 1 aromatic rings. The molecule has 3 N–H and O–H groups in total. The third-order valence-electron chi connectivity index (χ3n) is 3.52. The van der Waals surface area contributed by atoms with Gasteiger partial charge in [0.1, 0.15) is 11.5 Å². The molecule has 1 aromatic heterocycles. The Bertz CT molecular complexity index is 442. The van der Waals surface area contributed by atoms with E-state index in [9.17, 15) is 4.79 Å². The van der Waals surface area contributed by atoms with Gasteiger partial charge in [-0.25, -0.2) is 9.97 Å². The summed E-state index contributed by atoms with van der Waals surface area (Å²) in [5.74, 6) is 0.164. The molecule has 1 saturated heterocycles. The number of hydrogen-bond donors (Lipinski definition) is 2. The SMILES string of the molecule is Nc1cnc(C(=O)NC2CCN(C3CC3)C2)cn1. The van der Waals surface area contributed by atoms with Gasteiger partial charge in [0.05, 0.1) is 12.4 Å². The molecule has 1 saturated carbocycles. The van der Waals surface area contributed by atoms with E-state index in [1.165, 1.54) is 25.2 Å². The number of anilines is 1. The average Bonchev–Trinajstić information content (AvgIpc) is 3.11. The molecule has 2 aliphatic rings. The molecule has 1 aliphatic heterocycles. The van der Waals surface area contributed by atoms with Gasteiger partial charge in [0.15, 0.2) is 0 Å². The molecule has 18 heavy (non-hydrogen) atoms. The lowest BCUT2D eigenvalue weighted by molar-refractivity contribution is 0.0932. The van der Waals surface area contributed by atoms with Crippen LogP contribution in [-0.2, 0) is 0 Å². The Labute approximate surface area is 106 Å². The van der Waals surface area contributed by atoms with Crippen molar-refractivity contribution in [3.63, 3.8) is 0 Å². The van der Waals surface area contributed by atoms with Crippen molar-refractivity contribution in [2.75, 3.05) is 18.8 Å². The summed E-state index contributed by atoms with van der Waals surface area (Å²) in [5, 5.41) is 3.00. The summed E-state index contributed by atoms with van der Waals surface area (Å²) in [6.45, 7) is 2.04. The number of rotatable bonds is 3. The van der Waals surface area contributed by atoms with E-state index in [4.69, 9.17) is 5.73 Å². The van der Waals surface area contributed by atoms with Crippen LogP contribution in [-0.4, -0.2) is 45.9 Å². The topological polar surface area (TPSA) is 84.1 Å². The van der Waals surface area contributed by atoms with E-state index in [2.05, 4.69) is 20.2 Å². The first kappa shape index (κ1) is 11.4.